The first-order valence-corrected chi connectivity index (χ1v) is 8.86. The van der Waals surface area contributed by atoms with E-state index in [0.717, 1.165) is 11.3 Å². The number of amides is 1. The quantitative estimate of drug-likeness (QED) is 0.733. The molecule has 2 aromatic heterocycles. The first-order chi connectivity index (χ1) is 11.8. The number of fused-ring (bicyclic) bond motifs is 2. The Morgan fingerprint density at radius 2 is 2.29 bits per heavy atom. The van der Waals surface area contributed by atoms with Crippen LogP contribution in [0.15, 0.2) is 42.2 Å². The molecule has 6 heteroatoms. The molecule has 0 radical (unpaired) electrons. The van der Waals surface area contributed by atoms with Crippen molar-refractivity contribution in [2.75, 3.05) is 20.3 Å². The van der Waals surface area contributed by atoms with Crippen LogP contribution in [-0.2, 0) is 22.5 Å². The topological polar surface area (TPSA) is 47.4 Å². The molecule has 0 bridgehead atoms. The summed E-state index contributed by atoms with van der Waals surface area (Å²) in [5.74, 6) is 0.159. The molecule has 0 unspecified atom stereocenters. The predicted octanol–water partition coefficient (Wildman–Crippen LogP) is 2.87. The number of rotatable bonds is 4. The number of benzene rings is 1. The van der Waals surface area contributed by atoms with E-state index in [1.165, 1.54) is 10.1 Å². The molecule has 0 aliphatic carbocycles. The molecule has 124 valence electrons. The molecule has 3 aromatic rings. The number of aromatic nitrogens is 2. The molecule has 0 saturated carbocycles. The summed E-state index contributed by atoms with van der Waals surface area (Å²) >= 11 is 1.70. The molecule has 1 aliphatic rings. The summed E-state index contributed by atoms with van der Waals surface area (Å²) in [6.45, 7) is 1.85. The van der Waals surface area contributed by atoms with Crippen LogP contribution < -0.4 is 0 Å². The van der Waals surface area contributed by atoms with Crippen LogP contribution >= 0.6 is 11.3 Å². The highest BCUT2D eigenvalue weighted by Crippen LogP contribution is 2.27. The Kier molecular flexibility index (Phi) is 4.08. The van der Waals surface area contributed by atoms with E-state index in [0.29, 0.717) is 26.1 Å². The molecular weight excluding hydrogens is 322 g/mol. The van der Waals surface area contributed by atoms with E-state index in [9.17, 15) is 4.79 Å². The summed E-state index contributed by atoms with van der Waals surface area (Å²) in [7, 11) is 1.69. The van der Waals surface area contributed by atoms with Gasteiger partial charge in [0.05, 0.1) is 37.6 Å². The van der Waals surface area contributed by atoms with Gasteiger partial charge in [0, 0.05) is 24.6 Å². The molecule has 0 fully saturated rings. The SMILES string of the molecule is COC[C@H]1CN(C(=O)Cc2csc3ccccc23)Cc2cncn21. The van der Waals surface area contributed by atoms with E-state index in [1.807, 2.05) is 29.6 Å². The highest BCUT2D eigenvalue weighted by molar-refractivity contribution is 7.17. The van der Waals surface area contributed by atoms with Crippen molar-refractivity contribution >= 4 is 27.3 Å². The van der Waals surface area contributed by atoms with E-state index in [1.54, 1.807) is 18.4 Å². The van der Waals surface area contributed by atoms with Crippen LogP contribution in [0.4, 0.5) is 0 Å². The predicted molar refractivity (Wildman–Crippen MR) is 94.1 cm³/mol. The van der Waals surface area contributed by atoms with Gasteiger partial charge in [-0.25, -0.2) is 4.98 Å². The fourth-order valence-corrected chi connectivity index (χ4v) is 4.31. The molecule has 1 amide bonds. The summed E-state index contributed by atoms with van der Waals surface area (Å²) in [5.41, 5.74) is 2.18. The van der Waals surface area contributed by atoms with Crippen molar-refractivity contribution in [1.82, 2.24) is 14.5 Å². The van der Waals surface area contributed by atoms with E-state index in [-0.39, 0.29) is 11.9 Å². The summed E-state index contributed by atoms with van der Waals surface area (Å²) in [5, 5.41) is 3.29. The van der Waals surface area contributed by atoms with Crippen LogP contribution in [0.1, 0.15) is 17.3 Å². The number of carbonyl (C=O) groups is 1. The van der Waals surface area contributed by atoms with Gasteiger partial charge in [0.25, 0.3) is 0 Å². The fraction of sp³-hybridized carbons (Fsp3) is 0.333. The van der Waals surface area contributed by atoms with Crippen LogP contribution in [-0.4, -0.2) is 40.6 Å². The third-order valence-electron chi connectivity index (χ3n) is 4.54. The second-order valence-corrected chi connectivity index (χ2v) is 7.02. The molecular formula is C18H19N3O2S. The van der Waals surface area contributed by atoms with Crippen molar-refractivity contribution < 1.29 is 9.53 Å². The van der Waals surface area contributed by atoms with Crippen molar-refractivity contribution in [2.24, 2.45) is 0 Å². The Bertz CT molecular complexity index is 870. The number of methoxy groups -OCH3 is 1. The van der Waals surface area contributed by atoms with Crippen LogP contribution in [0.2, 0.25) is 0 Å². The maximum Gasteiger partial charge on any atom is 0.227 e. The van der Waals surface area contributed by atoms with Gasteiger partial charge >= 0.3 is 0 Å². The first kappa shape index (κ1) is 15.4. The number of imidazole rings is 1. The van der Waals surface area contributed by atoms with Gasteiger partial charge in [-0.15, -0.1) is 11.3 Å². The molecule has 0 saturated heterocycles. The Morgan fingerprint density at radius 3 is 3.17 bits per heavy atom. The van der Waals surface area contributed by atoms with Crippen LogP contribution in [0.25, 0.3) is 10.1 Å². The van der Waals surface area contributed by atoms with E-state index in [2.05, 4.69) is 27.1 Å². The minimum absolute atomic E-state index is 0.129. The number of thiophene rings is 1. The Labute approximate surface area is 144 Å². The Balaban J connectivity index is 1.54. The van der Waals surface area contributed by atoms with Crippen molar-refractivity contribution in [3.63, 3.8) is 0 Å². The average molecular weight is 341 g/mol. The largest absolute Gasteiger partial charge is 0.382 e. The minimum atomic E-state index is 0.129. The molecule has 1 atom stereocenters. The summed E-state index contributed by atoms with van der Waals surface area (Å²) in [6, 6.07) is 8.38. The van der Waals surface area contributed by atoms with Crippen LogP contribution in [0, 0.1) is 0 Å². The third kappa shape index (κ3) is 2.72. The lowest BCUT2D eigenvalue weighted by molar-refractivity contribution is -0.132. The highest BCUT2D eigenvalue weighted by atomic mass is 32.1. The van der Waals surface area contributed by atoms with Gasteiger partial charge in [0.1, 0.15) is 0 Å². The molecule has 0 N–H and O–H groups in total. The van der Waals surface area contributed by atoms with Crippen molar-refractivity contribution in [1.29, 1.82) is 0 Å². The number of carbonyl (C=O) groups excluding carboxylic acids is 1. The third-order valence-corrected chi connectivity index (χ3v) is 5.55. The number of hydrogen-bond donors (Lipinski definition) is 0. The monoisotopic (exact) mass is 341 g/mol. The van der Waals surface area contributed by atoms with Gasteiger partial charge < -0.3 is 14.2 Å². The Morgan fingerprint density at radius 1 is 1.42 bits per heavy atom. The van der Waals surface area contributed by atoms with E-state index in [4.69, 9.17) is 4.74 Å². The van der Waals surface area contributed by atoms with E-state index < -0.39 is 0 Å². The summed E-state index contributed by atoms with van der Waals surface area (Å²) in [6.07, 6.45) is 4.10. The zero-order valence-corrected chi connectivity index (χ0v) is 14.3. The lowest BCUT2D eigenvalue weighted by Gasteiger charge is -2.34. The summed E-state index contributed by atoms with van der Waals surface area (Å²) in [4.78, 5) is 19.0. The molecule has 5 nitrogen and oxygen atoms in total. The number of hydrogen-bond acceptors (Lipinski definition) is 4. The average Bonchev–Trinajstić information content (AvgIpc) is 3.22. The maximum absolute atomic E-state index is 12.9. The molecule has 4 rings (SSSR count). The van der Waals surface area contributed by atoms with Crippen LogP contribution in [0.3, 0.4) is 0 Å². The zero-order chi connectivity index (χ0) is 16.5. The standard InChI is InChI=1S/C18H19N3O2S/c1-23-10-15-9-20(8-14-7-19-12-21(14)15)18(22)6-13-11-24-17-5-3-2-4-16(13)17/h2-5,7,11-12,15H,6,8-10H2,1H3/t15-/m1/s1. The van der Waals surface area contributed by atoms with E-state index >= 15 is 0 Å². The van der Waals surface area contributed by atoms with Crippen molar-refractivity contribution in [3.05, 3.63) is 53.4 Å². The summed E-state index contributed by atoms with van der Waals surface area (Å²) < 4.78 is 8.66. The second kappa shape index (κ2) is 6.37. The molecule has 3 heterocycles. The van der Waals surface area contributed by atoms with Gasteiger partial charge in [-0.2, -0.15) is 0 Å². The lowest BCUT2D eigenvalue weighted by atomic mass is 10.1. The van der Waals surface area contributed by atoms with Gasteiger partial charge in [-0.3, -0.25) is 4.79 Å². The lowest BCUT2D eigenvalue weighted by Crippen LogP contribution is -2.42. The zero-order valence-electron chi connectivity index (χ0n) is 13.5. The number of ether oxygens (including phenoxy) is 1. The Hall–Kier alpha value is -2.18. The normalized spacial score (nSPS) is 17.2. The highest BCUT2D eigenvalue weighted by Gasteiger charge is 2.28. The van der Waals surface area contributed by atoms with Crippen LogP contribution in [0.5, 0.6) is 0 Å². The van der Waals surface area contributed by atoms with Gasteiger partial charge in [0.2, 0.25) is 5.91 Å². The molecule has 1 aliphatic heterocycles. The number of nitrogens with zero attached hydrogens (tertiary/aromatic N) is 3. The minimum Gasteiger partial charge on any atom is -0.382 e. The van der Waals surface area contributed by atoms with Gasteiger partial charge in [-0.1, -0.05) is 18.2 Å². The smallest absolute Gasteiger partial charge is 0.227 e. The van der Waals surface area contributed by atoms with Crippen molar-refractivity contribution in [2.45, 2.75) is 19.0 Å². The van der Waals surface area contributed by atoms with Gasteiger partial charge in [-0.05, 0) is 22.4 Å². The fourth-order valence-electron chi connectivity index (χ4n) is 3.35. The molecule has 1 aromatic carbocycles. The maximum atomic E-state index is 12.9. The first-order valence-electron chi connectivity index (χ1n) is 7.99. The molecule has 0 spiro atoms. The second-order valence-electron chi connectivity index (χ2n) is 6.11. The van der Waals surface area contributed by atoms with Crippen molar-refractivity contribution in [3.8, 4) is 0 Å². The molecule has 24 heavy (non-hydrogen) atoms. The van der Waals surface area contributed by atoms with Gasteiger partial charge in [0.15, 0.2) is 0 Å².